The first-order valence-electron chi connectivity index (χ1n) is 7.84. The first kappa shape index (κ1) is 19.5. The van der Waals surface area contributed by atoms with E-state index in [9.17, 15) is 18.3 Å². The molecule has 2 aromatic rings. The van der Waals surface area contributed by atoms with Crippen molar-refractivity contribution in [3.8, 4) is 5.75 Å². The molecular weight excluding hydrogens is 354 g/mol. The third kappa shape index (κ3) is 4.82. The second-order valence-electron chi connectivity index (χ2n) is 5.84. The highest BCUT2D eigenvalue weighted by molar-refractivity contribution is 7.92. The predicted octanol–water partition coefficient (Wildman–Crippen LogP) is 1.93. The Morgan fingerprint density at radius 2 is 1.88 bits per heavy atom. The van der Waals surface area contributed by atoms with Crippen LogP contribution in [0, 0.1) is 13.8 Å². The third-order valence-electron chi connectivity index (χ3n) is 3.86. The summed E-state index contributed by atoms with van der Waals surface area (Å²) < 4.78 is 25.3. The molecule has 2 N–H and O–H groups in total. The summed E-state index contributed by atoms with van der Waals surface area (Å²) in [5.74, 6) is -0.568. The minimum atomic E-state index is -3.66. The van der Waals surface area contributed by atoms with Crippen LogP contribution >= 0.6 is 0 Å². The Morgan fingerprint density at radius 3 is 2.54 bits per heavy atom. The average Bonchev–Trinajstić information content (AvgIpc) is 2.56. The van der Waals surface area contributed by atoms with E-state index >= 15 is 0 Å². The number of carbonyl (C=O) groups excluding carboxylic acids is 1. The van der Waals surface area contributed by atoms with E-state index in [1.54, 1.807) is 37.3 Å². The molecule has 0 heterocycles. The van der Waals surface area contributed by atoms with Crippen molar-refractivity contribution in [2.45, 2.75) is 13.8 Å². The van der Waals surface area contributed by atoms with E-state index in [-0.39, 0.29) is 5.75 Å². The van der Waals surface area contributed by atoms with Crippen LogP contribution in [0.1, 0.15) is 16.7 Å². The van der Waals surface area contributed by atoms with Gasteiger partial charge in [-0.15, -0.1) is 0 Å². The third-order valence-corrected chi connectivity index (χ3v) is 4.99. The molecule has 7 nitrogen and oxygen atoms in total. The molecule has 0 fully saturated rings. The van der Waals surface area contributed by atoms with Crippen LogP contribution in [0.25, 0.3) is 0 Å². The molecule has 0 saturated carbocycles. The molecule has 138 valence electrons. The lowest BCUT2D eigenvalue weighted by molar-refractivity contribution is -0.119. The number of benzene rings is 2. The maximum absolute atomic E-state index is 12.2. The van der Waals surface area contributed by atoms with Gasteiger partial charge in [0.05, 0.1) is 18.2 Å². The summed E-state index contributed by atoms with van der Waals surface area (Å²) >= 11 is 0. The summed E-state index contributed by atoms with van der Waals surface area (Å²) in [6.45, 7) is 3.27. The maximum atomic E-state index is 12.2. The second-order valence-corrected chi connectivity index (χ2v) is 7.75. The molecule has 2 rings (SSSR count). The number of sulfonamides is 1. The number of nitrogens with one attached hydrogen (secondary N) is 1. The number of hydrogen-bond acceptors (Lipinski definition) is 5. The summed E-state index contributed by atoms with van der Waals surface area (Å²) in [6.07, 6.45) is 2.34. The van der Waals surface area contributed by atoms with E-state index < -0.39 is 22.5 Å². The number of hydrogen-bond donors (Lipinski definition) is 2. The summed E-state index contributed by atoms with van der Waals surface area (Å²) in [4.78, 5) is 12.2. The zero-order valence-corrected chi connectivity index (χ0v) is 15.6. The Morgan fingerprint density at radius 1 is 1.19 bits per heavy atom. The molecule has 0 atom stereocenters. The normalized spacial score (nSPS) is 11.5. The fourth-order valence-electron chi connectivity index (χ4n) is 2.32. The van der Waals surface area contributed by atoms with Crippen molar-refractivity contribution >= 4 is 27.8 Å². The molecule has 0 aliphatic rings. The highest BCUT2D eigenvalue weighted by Crippen LogP contribution is 2.24. The quantitative estimate of drug-likeness (QED) is 0.595. The van der Waals surface area contributed by atoms with Crippen molar-refractivity contribution in [2.75, 3.05) is 17.1 Å². The van der Waals surface area contributed by atoms with Gasteiger partial charge in [-0.2, -0.15) is 5.10 Å². The Labute approximate surface area is 153 Å². The molecule has 0 spiro atoms. The molecule has 26 heavy (non-hydrogen) atoms. The first-order chi connectivity index (χ1) is 12.2. The predicted molar refractivity (Wildman–Crippen MR) is 102 cm³/mol. The smallest absolute Gasteiger partial charge is 0.260 e. The number of hydrazone groups is 1. The van der Waals surface area contributed by atoms with Gasteiger partial charge in [0, 0.05) is 5.56 Å². The van der Waals surface area contributed by atoms with E-state index in [4.69, 9.17) is 0 Å². The van der Waals surface area contributed by atoms with Gasteiger partial charge in [-0.05, 0) is 43.2 Å². The highest BCUT2D eigenvalue weighted by atomic mass is 32.2. The molecular formula is C18H21N3O4S. The summed E-state index contributed by atoms with van der Waals surface area (Å²) in [7, 11) is -3.66. The Kier molecular flexibility index (Phi) is 5.99. The Bertz CT molecular complexity index is 939. The van der Waals surface area contributed by atoms with E-state index in [0.717, 1.165) is 21.7 Å². The average molecular weight is 375 g/mol. The number of aryl methyl sites for hydroxylation is 1. The summed E-state index contributed by atoms with van der Waals surface area (Å²) in [5, 5.41) is 13.4. The van der Waals surface area contributed by atoms with Gasteiger partial charge in [0.2, 0.25) is 10.0 Å². The largest absolute Gasteiger partial charge is 0.507 e. The minimum Gasteiger partial charge on any atom is -0.507 e. The van der Waals surface area contributed by atoms with Crippen LogP contribution in [-0.2, 0) is 14.8 Å². The molecule has 8 heteroatoms. The summed E-state index contributed by atoms with van der Waals surface area (Å²) in [5.41, 5.74) is 4.87. The van der Waals surface area contributed by atoms with Gasteiger partial charge >= 0.3 is 0 Å². The zero-order valence-electron chi connectivity index (χ0n) is 14.8. The van der Waals surface area contributed by atoms with Gasteiger partial charge < -0.3 is 5.11 Å². The number of aromatic hydroxyl groups is 1. The SMILES string of the molecule is Cc1cccc(N(CC(=O)N/N=C\c2ccccc2O)S(C)(=O)=O)c1C. The van der Waals surface area contributed by atoms with Gasteiger partial charge in [0.25, 0.3) is 5.91 Å². The fraction of sp³-hybridized carbons (Fsp3) is 0.222. The number of phenolic OH excluding ortho intramolecular Hbond substituents is 1. The maximum Gasteiger partial charge on any atom is 0.260 e. The first-order valence-corrected chi connectivity index (χ1v) is 9.69. The van der Waals surface area contributed by atoms with Crippen LogP contribution in [0.3, 0.4) is 0 Å². The number of rotatable bonds is 6. The second kappa shape index (κ2) is 8.01. The van der Waals surface area contributed by atoms with Crippen molar-refractivity contribution in [3.63, 3.8) is 0 Å². The monoisotopic (exact) mass is 375 g/mol. The van der Waals surface area contributed by atoms with E-state index in [2.05, 4.69) is 10.5 Å². The summed E-state index contributed by atoms with van der Waals surface area (Å²) in [6, 6.07) is 11.8. The van der Waals surface area contributed by atoms with E-state index in [0.29, 0.717) is 11.3 Å². The minimum absolute atomic E-state index is 0.0265. The molecule has 2 aromatic carbocycles. The van der Waals surface area contributed by atoms with E-state index in [1.807, 2.05) is 13.0 Å². The van der Waals surface area contributed by atoms with Gasteiger partial charge in [-0.1, -0.05) is 24.3 Å². The van der Waals surface area contributed by atoms with E-state index in [1.165, 1.54) is 12.3 Å². The van der Waals surface area contributed by atoms with Crippen molar-refractivity contribution in [2.24, 2.45) is 5.10 Å². The molecule has 0 unspecified atom stereocenters. The molecule has 0 aliphatic carbocycles. The van der Waals surface area contributed by atoms with Crippen LogP contribution in [-0.4, -0.2) is 38.4 Å². The van der Waals surface area contributed by atoms with Crippen molar-refractivity contribution in [1.82, 2.24) is 5.43 Å². The van der Waals surface area contributed by atoms with Gasteiger partial charge in [0.1, 0.15) is 12.3 Å². The van der Waals surface area contributed by atoms with Gasteiger partial charge in [0.15, 0.2) is 0 Å². The van der Waals surface area contributed by atoms with Crippen molar-refractivity contribution in [3.05, 3.63) is 59.2 Å². The molecule has 0 aliphatic heterocycles. The topological polar surface area (TPSA) is 99.1 Å². The molecule has 0 bridgehead atoms. The van der Waals surface area contributed by atoms with Crippen LogP contribution < -0.4 is 9.73 Å². The van der Waals surface area contributed by atoms with Crippen molar-refractivity contribution < 1.29 is 18.3 Å². The Hall–Kier alpha value is -2.87. The lowest BCUT2D eigenvalue weighted by atomic mass is 10.1. The lowest BCUT2D eigenvalue weighted by Crippen LogP contribution is -2.39. The molecule has 0 saturated heterocycles. The van der Waals surface area contributed by atoms with Crippen LogP contribution in [0.15, 0.2) is 47.6 Å². The fourth-order valence-corrected chi connectivity index (χ4v) is 3.23. The lowest BCUT2D eigenvalue weighted by Gasteiger charge is -2.23. The number of para-hydroxylation sites is 1. The van der Waals surface area contributed by atoms with Gasteiger partial charge in [-0.25, -0.2) is 13.8 Å². The zero-order chi connectivity index (χ0) is 19.3. The van der Waals surface area contributed by atoms with Crippen LogP contribution in [0.5, 0.6) is 5.75 Å². The number of carbonyl (C=O) groups is 1. The number of nitrogens with zero attached hydrogens (tertiary/aromatic N) is 2. The number of anilines is 1. The molecule has 0 radical (unpaired) electrons. The standard InChI is InChI=1S/C18H21N3O4S/c1-13-7-6-9-16(14(13)2)21(26(3,24)25)12-18(23)20-19-11-15-8-4-5-10-17(15)22/h4-11,22H,12H2,1-3H3,(H,20,23)/b19-11-. The molecule has 1 amide bonds. The van der Waals surface area contributed by atoms with Gasteiger partial charge in [-0.3, -0.25) is 9.10 Å². The van der Waals surface area contributed by atoms with Crippen LogP contribution in [0.2, 0.25) is 0 Å². The Balaban J connectivity index is 2.15. The highest BCUT2D eigenvalue weighted by Gasteiger charge is 2.22. The molecule has 0 aromatic heterocycles. The number of phenols is 1. The number of amides is 1. The van der Waals surface area contributed by atoms with Crippen LogP contribution in [0.4, 0.5) is 5.69 Å². The van der Waals surface area contributed by atoms with Crippen molar-refractivity contribution in [1.29, 1.82) is 0 Å².